The summed E-state index contributed by atoms with van der Waals surface area (Å²) in [6.07, 6.45) is 0. The second-order valence-electron chi connectivity index (χ2n) is 4.20. The normalized spacial score (nSPS) is 10.2. The molecule has 0 atom stereocenters. The van der Waals surface area contributed by atoms with Crippen LogP contribution in [0.5, 0.6) is 5.75 Å². The van der Waals surface area contributed by atoms with Crippen molar-refractivity contribution in [1.29, 1.82) is 0 Å². The van der Waals surface area contributed by atoms with Crippen LogP contribution in [0, 0.1) is 6.92 Å². The minimum absolute atomic E-state index is 0.0480. The van der Waals surface area contributed by atoms with Crippen LogP contribution in [-0.2, 0) is 4.79 Å². The molecule has 20 heavy (non-hydrogen) atoms. The summed E-state index contributed by atoms with van der Waals surface area (Å²) in [5.74, 6) is 0.421. The van der Waals surface area contributed by atoms with Gasteiger partial charge in [-0.3, -0.25) is 4.79 Å². The molecule has 0 bridgehead atoms. The van der Waals surface area contributed by atoms with Crippen molar-refractivity contribution in [3.05, 3.63) is 57.5 Å². The van der Waals surface area contributed by atoms with Crippen molar-refractivity contribution in [3.8, 4) is 5.75 Å². The second kappa shape index (κ2) is 6.77. The Labute approximate surface area is 131 Å². The molecule has 3 nitrogen and oxygen atoms in total. The van der Waals surface area contributed by atoms with Gasteiger partial charge in [-0.1, -0.05) is 33.6 Å². The van der Waals surface area contributed by atoms with Crippen molar-refractivity contribution in [2.24, 2.45) is 0 Å². The molecule has 0 aliphatic heterocycles. The Kier molecular flexibility index (Phi) is 5.04. The van der Waals surface area contributed by atoms with E-state index in [1.165, 1.54) is 0 Å². The lowest BCUT2D eigenvalue weighted by Gasteiger charge is -2.10. The van der Waals surface area contributed by atoms with Gasteiger partial charge in [0.1, 0.15) is 5.75 Å². The zero-order chi connectivity index (χ0) is 14.5. The van der Waals surface area contributed by atoms with Crippen molar-refractivity contribution in [2.75, 3.05) is 11.9 Å². The number of benzene rings is 2. The van der Waals surface area contributed by atoms with Gasteiger partial charge in [0.15, 0.2) is 6.61 Å². The molecule has 0 saturated heterocycles. The van der Waals surface area contributed by atoms with Gasteiger partial charge in [0.25, 0.3) is 5.91 Å². The molecule has 0 aromatic heterocycles. The lowest BCUT2D eigenvalue weighted by Crippen LogP contribution is -2.20. The first-order valence-corrected chi connectivity index (χ1v) is 7.16. The van der Waals surface area contributed by atoms with Gasteiger partial charge in [-0.25, -0.2) is 0 Å². The van der Waals surface area contributed by atoms with Gasteiger partial charge in [0.05, 0.1) is 0 Å². The van der Waals surface area contributed by atoms with E-state index in [4.69, 9.17) is 16.3 Å². The van der Waals surface area contributed by atoms with Gasteiger partial charge >= 0.3 is 0 Å². The van der Waals surface area contributed by atoms with Crippen molar-refractivity contribution in [1.82, 2.24) is 0 Å². The van der Waals surface area contributed by atoms with Crippen LogP contribution in [0.2, 0.25) is 5.02 Å². The fourth-order valence-electron chi connectivity index (χ4n) is 1.61. The highest BCUT2D eigenvalue weighted by atomic mass is 79.9. The minimum atomic E-state index is -0.224. The number of halogens is 2. The van der Waals surface area contributed by atoms with Crippen LogP contribution in [-0.4, -0.2) is 12.5 Å². The summed E-state index contributed by atoms with van der Waals surface area (Å²) < 4.78 is 6.36. The van der Waals surface area contributed by atoms with Crippen molar-refractivity contribution >= 4 is 39.1 Å². The monoisotopic (exact) mass is 353 g/mol. The number of carbonyl (C=O) groups excluding carboxylic acids is 1. The van der Waals surface area contributed by atoms with Crippen LogP contribution in [0.3, 0.4) is 0 Å². The van der Waals surface area contributed by atoms with Gasteiger partial charge in [-0.2, -0.15) is 0 Å². The Balaban J connectivity index is 1.92. The van der Waals surface area contributed by atoms with Gasteiger partial charge < -0.3 is 10.1 Å². The molecule has 0 aliphatic carbocycles. The second-order valence-corrected chi connectivity index (χ2v) is 5.53. The molecule has 0 aliphatic rings. The molecule has 0 fully saturated rings. The van der Waals surface area contributed by atoms with Crippen LogP contribution < -0.4 is 10.1 Å². The maximum atomic E-state index is 11.8. The van der Waals surface area contributed by atoms with Crippen molar-refractivity contribution in [3.63, 3.8) is 0 Å². The zero-order valence-corrected chi connectivity index (χ0v) is 13.2. The van der Waals surface area contributed by atoms with Crippen molar-refractivity contribution < 1.29 is 9.53 Å². The smallest absolute Gasteiger partial charge is 0.262 e. The van der Waals surface area contributed by atoms with Gasteiger partial charge in [0.2, 0.25) is 0 Å². The molecule has 0 saturated carbocycles. The lowest BCUT2D eigenvalue weighted by atomic mass is 10.2. The molecule has 1 amide bonds. The first-order valence-electron chi connectivity index (χ1n) is 5.99. The Morgan fingerprint density at radius 3 is 2.65 bits per heavy atom. The number of carbonyl (C=O) groups is 1. The van der Waals surface area contributed by atoms with E-state index in [0.717, 1.165) is 10.0 Å². The van der Waals surface area contributed by atoms with Crippen LogP contribution >= 0.6 is 27.5 Å². The quantitative estimate of drug-likeness (QED) is 0.882. The Morgan fingerprint density at radius 2 is 1.95 bits per heavy atom. The van der Waals surface area contributed by atoms with Crippen LogP contribution in [0.15, 0.2) is 46.9 Å². The average Bonchev–Trinajstić information content (AvgIpc) is 2.43. The standard InChI is InChI=1S/C15H13BrClNO2/c1-10-13(17)3-2-4-14(10)18-15(19)9-20-12-7-5-11(16)6-8-12/h2-8H,9H2,1H3,(H,18,19). The molecule has 0 heterocycles. The fourth-order valence-corrected chi connectivity index (χ4v) is 2.05. The number of hydrogen-bond acceptors (Lipinski definition) is 2. The number of rotatable bonds is 4. The van der Waals surface area contributed by atoms with E-state index in [1.54, 1.807) is 30.3 Å². The Hall–Kier alpha value is -1.52. The maximum Gasteiger partial charge on any atom is 0.262 e. The van der Waals surface area contributed by atoms with Crippen LogP contribution in [0.1, 0.15) is 5.56 Å². The summed E-state index contributed by atoms with van der Waals surface area (Å²) in [6, 6.07) is 12.7. The molecule has 0 unspecified atom stereocenters. The SMILES string of the molecule is Cc1c(Cl)cccc1NC(=O)COc1ccc(Br)cc1. The fraction of sp³-hybridized carbons (Fsp3) is 0.133. The van der Waals surface area contributed by atoms with Gasteiger partial charge in [-0.05, 0) is 48.9 Å². The molecule has 2 rings (SSSR count). The summed E-state index contributed by atoms with van der Waals surface area (Å²) in [5, 5.41) is 3.40. The Morgan fingerprint density at radius 1 is 1.25 bits per heavy atom. The summed E-state index contributed by atoms with van der Waals surface area (Å²) >= 11 is 9.34. The molecular formula is C15H13BrClNO2. The topological polar surface area (TPSA) is 38.3 Å². The third-order valence-electron chi connectivity index (χ3n) is 2.73. The number of amides is 1. The largest absolute Gasteiger partial charge is 0.484 e. The number of hydrogen-bond donors (Lipinski definition) is 1. The maximum absolute atomic E-state index is 11.8. The highest BCUT2D eigenvalue weighted by molar-refractivity contribution is 9.10. The molecule has 2 aromatic carbocycles. The predicted molar refractivity (Wildman–Crippen MR) is 84.5 cm³/mol. The first-order chi connectivity index (χ1) is 9.56. The van der Waals surface area contributed by atoms with E-state index in [9.17, 15) is 4.79 Å². The van der Waals surface area contributed by atoms with Crippen LogP contribution in [0.4, 0.5) is 5.69 Å². The Bertz CT molecular complexity index is 614. The first kappa shape index (κ1) is 14.9. The number of nitrogens with one attached hydrogen (secondary N) is 1. The summed E-state index contributed by atoms with van der Waals surface area (Å²) in [6.45, 7) is 1.81. The van der Waals surface area contributed by atoms with Crippen LogP contribution in [0.25, 0.3) is 0 Å². The molecule has 1 N–H and O–H groups in total. The van der Waals surface area contributed by atoms with E-state index in [-0.39, 0.29) is 12.5 Å². The molecule has 5 heteroatoms. The summed E-state index contributed by atoms with van der Waals surface area (Å²) in [5.41, 5.74) is 1.54. The molecule has 2 aromatic rings. The van der Waals surface area contributed by atoms with E-state index in [0.29, 0.717) is 16.5 Å². The molecule has 0 spiro atoms. The van der Waals surface area contributed by atoms with Gasteiger partial charge in [-0.15, -0.1) is 0 Å². The average molecular weight is 355 g/mol. The van der Waals surface area contributed by atoms with Gasteiger partial charge in [0, 0.05) is 15.2 Å². The lowest BCUT2D eigenvalue weighted by molar-refractivity contribution is -0.118. The van der Waals surface area contributed by atoms with Crippen molar-refractivity contribution in [2.45, 2.75) is 6.92 Å². The summed E-state index contributed by atoms with van der Waals surface area (Å²) in [4.78, 5) is 11.8. The highest BCUT2D eigenvalue weighted by Crippen LogP contribution is 2.23. The molecular weight excluding hydrogens is 342 g/mol. The highest BCUT2D eigenvalue weighted by Gasteiger charge is 2.07. The summed E-state index contributed by atoms with van der Waals surface area (Å²) in [7, 11) is 0. The third-order valence-corrected chi connectivity index (χ3v) is 3.66. The van der Waals surface area contributed by atoms with E-state index in [2.05, 4.69) is 21.2 Å². The van der Waals surface area contributed by atoms with E-state index < -0.39 is 0 Å². The van der Waals surface area contributed by atoms with E-state index >= 15 is 0 Å². The zero-order valence-electron chi connectivity index (χ0n) is 10.8. The molecule has 104 valence electrons. The minimum Gasteiger partial charge on any atom is -0.484 e. The third kappa shape index (κ3) is 3.99. The predicted octanol–water partition coefficient (Wildman–Crippen LogP) is 4.43. The number of anilines is 1. The molecule has 0 radical (unpaired) electrons. The van der Waals surface area contributed by atoms with E-state index in [1.807, 2.05) is 19.1 Å². The number of ether oxygens (including phenoxy) is 1.